The largest absolute Gasteiger partial charge is 0.496 e. The van der Waals surface area contributed by atoms with Crippen LogP contribution in [0.4, 0.5) is 0 Å². The monoisotopic (exact) mass is 370 g/mol. The Bertz CT molecular complexity index is 553. The molecule has 8 heteroatoms. The minimum atomic E-state index is -3.47. The van der Waals surface area contributed by atoms with E-state index in [4.69, 9.17) is 10.5 Å². The molecule has 1 atom stereocenters. The van der Waals surface area contributed by atoms with Gasteiger partial charge in [0.15, 0.2) is 0 Å². The lowest BCUT2D eigenvalue weighted by Crippen LogP contribution is -2.31. The summed E-state index contributed by atoms with van der Waals surface area (Å²) < 4.78 is 32.0. The molecular weight excluding hydrogens is 356 g/mol. The van der Waals surface area contributed by atoms with Gasteiger partial charge in [0.1, 0.15) is 5.75 Å². The molecule has 0 saturated carbocycles. The van der Waals surface area contributed by atoms with Crippen LogP contribution >= 0.6 is 28.3 Å². The summed E-state index contributed by atoms with van der Waals surface area (Å²) in [6.45, 7) is 0.850. The van der Waals surface area contributed by atoms with Crippen LogP contribution in [0.3, 0.4) is 0 Å². The number of methoxy groups -OCH3 is 1. The van der Waals surface area contributed by atoms with Crippen LogP contribution in [0.1, 0.15) is 6.42 Å². The Hall–Kier alpha value is -0.340. The lowest BCUT2D eigenvalue weighted by atomic mass is 10.3. The molecule has 19 heavy (non-hydrogen) atoms. The predicted molar refractivity (Wildman–Crippen MR) is 79.3 cm³/mol. The van der Waals surface area contributed by atoms with Crippen molar-refractivity contribution in [3.63, 3.8) is 0 Å². The molecule has 0 bridgehead atoms. The normalized spacial score (nSPS) is 20.1. The number of halogens is 2. The van der Waals surface area contributed by atoms with Crippen LogP contribution in [-0.4, -0.2) is 39.0 Å². The lowest BCUT2D eigenvalue weighted by Gasteiger charge is -2.16. The van der Waals surface area contributed by atoms with Crippen LogP contribution in [0.15, 0.2) is 27.6 Å². The molecule has 1 saturated heterocycles. The maximum absolute atomic E-state index is 12.4. The highest BCUT2D eigenvalue weighted by Gasteiger charge is 2.31. The van der Waals surface area contributed by atoms with E-state index in [1.807, 2.05) is 0 Å². The molecule has 1 aromatic rings. The first kappa shape index (κ1) is 16.7. The number of hydrogen-bond donors (Lipinski definition) is 1. The fourth-order valence-electron chi connectivity index (χ4n) is 1.92. The average Bonchev–Trinajstić information content (AvgIpc) is 2.77. The van der Waals surface area contributed by atoms with Gasteiger partial charge in [-0.1, -0.05) is 0 Å². The molecule has 1 fully saturated rings. The van der Waals surface area contributed by atoms with Crippen LogP contribution in [0.2, 0.25) is 0 Å². The zero-order valence-corrected chi connectivity index (χ0v) is 13.6. The first-order valence-electron chi connectivity index (χ1n) is 5.54. The van der Waals surface area contributed by atoms with Crippen molar-refractivity contribution in [2.45, 2.75) is 17.4 Å². The smallest absolute Gasteiger partial charge is 0.243 e. The number of ether oxygens (including phenoxy) is 1. The highest BCUT2D eigenvalue weighted by molar-refractivity contribution is 9.10. The van der Waals surface area contributed by atoms with Crippen LogP contribution in [-0.2, 0) is 10.0 Å². The van der Waals surface area contributed by atoms with E-state index in [1.54, 1.807) is 12.1 Å². The lowest BCUT2D eigenvalue weighted by molar-refractivity contribution is 0.410. The van der Waals surface area contributed by atoms with E-state index >= 15 is 0 Å². The molecule has 0 unspecified atom stereocenters. The van der Waals surface area contributed by atoms with Gasteiger partial charge >= 0.3 is 0 Å². The second-order valence-corrected chi connectivity index (χ2v) is 7.00. The van der Waals surface area contributed by atoms with Gasteiger partial charge in [0, 0.05) is 25.2 Å². The third kappa shape index (κ3) is 3.41. The highest BCUT2D eigenvalue weighted by atomic mass is 79.9. The molecule has 0 aliphatic carbocycles. The summed E-state index contributed by atoms with van der Waals surface area (Å²) in [6.07, 6.45) is 0.701. The molecule has 1 heterocycles. The molecular formula is C11H16BrClN2O3S. The Kier molecular flexibility index (Phi) is 5.64. The van der Waals surface area contributed by atoms with E-state index in [2.05, 4.69) is 15.9 Å². The second-order valence-electron chi connectivity index (χ2n) is 4.21. The molecule has 1 aromatic carbocycles. The number of nitrogens with zero attached hydrogens (tertiary/aromatic N) is 1. The topological polar surface area (TPSA) is 72.6 Å². The third-order valence-electron chi connectivity index (χ3n) is 2.95. The minimum absolute atomic E-state index is 0. The summed E-state index contributed by atoms with van der Waals surface area (Å²) in [7, 11) is -1.97. The van der Waals surface area contributed by atoms with Gasteiger partial charge in [0.05, 0.1) is 16.5 Å². The minimum Gasteiger partial charge on any atom is -0.496 e. The Morgan fingerprint density at radius 1 is 1.47 bits per heavy atom. The molecule has 108 valence electrons. The predicted octanol–water partition coefficient (Wildman–Crippen LogP) is 1.60. The maximum Gasteiger partial charge on any atom is 0.243 e. The van der Waals surface area contributed by atoms with Crippen molar-refractivity contribution in [3.05, 3.63) is 22.7 Å². The molecule has 0 amide bonds. The summed E-state index contributed by atoms with van der Waals surface area (Å²) in [5.41, 5.74) is 5.74. The summed E-state index contributed by atoms with van der Waals surface area (Å²) in [6, 6.07) is 4.67. The summed E-state index contributed by atoms with van der Waals surface area (Å²) in [4.78, 5) is 0.233. The molecule has 0 radical (unpaired) electrons. The fourth-order valence-corrected chi connectivity index (χ4v) is 3.86. The fraction of sp³-hybridized carbons (Fsp3) is 0.455. The molecule has 2 rings (SSSR count). The maximum atomic E-state index is 12.4. The van der Waals surface area contributed by atoms with E-state index in [0.29, 0.717) is 25.3 Å². The van der Waals surface area contributed by atoms with Crippen molar-refractivity contribution in [3.8, 4) is 5.75 Å². The second kappa shape index (κ2) is 6.41. The van der Waals surface area contributed by atoms with E-state index in [-0.39, 0.29) is 23.3 Å². The van der Waals surface area contributed by atoms with Gasteiger partial charge in [-0.3, -0.25) is 0 Å². The van der Waals surface area contributed by atoms with Gasteiger partial charge in [0.2, 0.25) is 10.0 Å². The van der Waals surface area contributed by atoms with E-state index in [0.717, 1.165) is 4.47 Å². The zero-order valence-electron chi connectivity index (χ0n) is 10.4. The molecule has 1 aliphatic heterocycles. The number of rotatable bonds is 3. The molecule has 0 spiro atoms. The van der Waals surface area contributed by atoms with E-state index < -0.39 is 10.0 Å². The van der Waals surface area contributed by atoms with Gasteiger partial charge < -0.3 is 10.5 Å². The SMILES string of the molecule is COc1cc(S(=O)(=O)N2CC[C@@H](N)C2)ccc1Br.Cl. The van der Waals surface area contributed by atoms with Crippen molar-refractivity contribution in [2.24, 2.45) is 5.73 Å². The summed E-state index contributed by atoms with van der Waals surface area (Å²) in [5.74, 6) is 0.500. The highest BCUT2D eigenvalue weighted by Crippen LogP contribution is 2.29. The molecule has 0 aromatic heterocycles. The van der Waals surface area contributed by atoms with Crippen molar-refractivity contribution in [1.82, 2.24) is 4.31 Å². The molecule has 5 nitrogen and oxygen atoms in total. The van der Waals surface area contributed by atoms with Crippen molar-refractivity contribution < 1.29 is 13.2 Å². The number of nitrogens with two attached hydrogens (primary N) is 1. The van der Waals surface area contributed by atoms with E-state index in [9.17, 15) is 8.42 Å². The Labute approximate surface area is 127 Å². The van der Waals surface area contributed by atoms with Crippen LogP contribution in [0, 0.1) is 0 Å². The molecule has 1 aliphatic rings. The van der Waals surface area contributed by atoms with Gasteiger partial charge in [-0.15, -0.1) is 12.4 Å². The number of benzene rings is 1. The van der Waals surface area contributed by atoms with Crippen molar-refractivity contribution >= 4 is 38.4 Å². The number of hydrogen-bond acceptors (Lipinski definition) is 4. The third-order valence-corrected chi connectivity index (χ3v) is 5.46. The first-order valence-corrected chi connectivity index (χ1v) is 7.77. The van der Waals surface area contributed by atoms with Gasteiger partial charge in [-0.05, 0) is 34.5 Å². The number of sulfonamides is 1. The van der Waals surface area contributed by atoms with Gasteiger partial charge in [-0.2, -0.15) is 4.31 Å². The van der Waals surface area contributed by atoms with Gasteiger partial charge in [0.25, 0.3) is 0 Å². The quantitative estimate of drug-likeness (QED) is 0.876. The van der Waals surface area contributed by atoms with Crippen LogP contribution in [0.25, 0.3) is 0 Å². The zero-order chi connectivity index (χ0) is 13.3. The van der Waals surface area contributed by atoms with Gasteiger partial charge in [-0.25, -0.2) is 8.42 Å². The standard InChI is InChI=1S/C11H15BrN2O3S.ClH/c1-17-11-6-9(2-3-10(11)12)18(15,16)14-5-4-8(13)7-14;/h2-3,6,8H,4-5,7,13H2,1H3;1H/t8-;/m1./s1. The molecule has 2 N–H and O–H groups in total. The van der Waals surface area contributed by atoms with Crippen molar-refractivity contribution in [2.75, 3.05) is 20.2 Å². The van der Waals surface area contributed by atoms with E-state index in [1.165, 1.54) is 17.5 Å². The summed E-state index contributed by atoms with van der Waals surface area (Å²) >= 11 is 3.30. The first-order chi connectivity index (χ1) is 8.45. The summed E-state index contributed by atoms with van der Waals surface area (Å²) in [5, 5.41) is 0. The Morgan fingerprint density at radius 3 is 2.68 bits per heavy atom. The Balaban J connectivity index is 0.00000180. The Morgan fingerprint density at radius 2 is 2.16 bits per heavy atom. The average molecular weight is 372 g/mol. The van der Waals surface area contributed by atoms with Crippen LogP contribution < -0.4 is 10.5 Å². The van der Waals surface area contributed by atoms with Crippen molar-refractivity contribution in [1.29, 1.82) is 0 Å². The van der Waals surface area contributed by atoms with Crippen LogP contribution in [0.5, 0.6) is 5.75 Å².